The highest BCUT2D eigenvalue weighted by Crippen LogP contribution is 2.50. The van der Waals surface area contributed by atoms with Gasteiger partial charge in [-0.25, -0.2) is 0 Å². The van der Waals surface area contributed by atoms with Gasteiger partial charge >= 0.3 is 0 Å². The van der Waals surface area contributed by atoms with Crippen LogP contribution in [0, 0.1) is 0 Å². The third-order valence-electron chi connectivity index (χ3n) is 10.8. The lowest BCUT2D eigenvalue weighted by Crippen LogP contribution is -1.97. The SMILES string of the molecule is c1ccc2c(c1)-c1ccccc1-c1ccc(-c3c4ccccc4c(-c4ccc5c(c4)sc4ccccc45)c4ccccc34)cc1-c1ccccc1-2. The molecule has 0 amide bonds. The molecule has 0 N–H and O–H groups in total. The minimum atomic E-state index is 1.23. The molecule has 0 spiro atoms. The summed E-state index contributed by atoms with van der Waals surface area (Å²) in [7, 11) is 0. The van der Waals surface area contributed by atoms with Crippen LogP contribution in [-0.4, -0.2) is 0 Å². The second-order valence-corrected chi connectivity index (χ2v) is 14.6. The van der Waals surface area contributed by atoms with E-state index in [4.69, 9.17) is 0 Å². The smallest absolute Gasteiger partial charge is 0.0361 e. The first kappa shape index (κ1) is 28.5. The van der Waals surface area contributed by atoms with E-state index in [1.165, 1.54) is 108 Å². The van der Waals surface area contributed by atoms with Crippen molar-refractivity contribution in [2.45, 2.75) is 0 Å². The summed E-state index contributed by atoms with van der Waals surface area (Å²) in [6, 6.07) is 67.7. The van der Waals surface area contributed by atoms with Crippen LogP contribution < -0.4 is 0 Å². The molecule has 0 bridgehead atoms. The number of hydrogen-bond acceptors (Lipinski definition) is 1. The Balaban J connectivity index is 1.20. The first-order valence-corrected chi connectivity index (χ1v) is 18.4. The van der Waals surface area contributed by atoms with Crippen LogP contribution in [0.1, 0.15) is 0 Å². The van der Waals surface area contributed by atoms with Gasteiger partial charge in [0.05, 0.1) is 0 Å². The van der Waals surface area contributed by atoms with Crippen molar-refractivity contribution in [1.29, 1.82) is 0 Å². The first-order chi connectivity index (χ1) is 25.3. The normalized spacial score (nSPS) is 11.9. The second-order valence-electron chi connectivity index (χ2n) is 13.5. The summed E-state index contributed by atoms with van der Waals surface area (Å²) in [5.41, 5.74) is 15.2. The molecule has 0 aliphatic heterocycles. The van der Waals surface area contributed by atoms with Gasteiger partial charge in [0.25, 0.3) is 0 Å². The maximum atomic E-state index is 2.45. The number of benzene rings is 9. The summed E-state index contributed by atoms with van der Waals surface area (Å²) < 4.78 is 2.66. The number of fused-ring (bicyclic) bond motifs is 13. The Morgan fingerprint density at radius 3 is 1.10 bits per heavy atom. The third-order valence-corrected chi connectivity index (χ3v) is 12.0. The summed E-state index contributed by atoms with van der Waals surface area (Å²) in [6.07, 6.45) is 0. The van der Waals surface area contributed by atoms with Gasteiger partial charge in [0, 0.05) is 20.2 Å². The molecule has 1 heteroatoms. The lowest BCUT2D eigenvalue weighted by molar-refractivity contribution is 1.52. The van der Waals surface area contributed by atoms with E-state index in [1.54, 1.807) is 0 Å². The molecule has 10 aromatic rings. The van der Waals surface area contributed by atoms with Gasteiger partial charge in [0.1, 0.15) is 0 Å². The number of hydrogen-bond donors (Lipinski definition) is 0. The minimum Gasteiger partial charge on any atom is -0.135 e. The lowest BCUT2D eigenvalue weighted by Gasteiger charge is -2.24. The maximum absolute atomic E-state index is 2.45. The second kappa shape index (κ2) is 11.1. The molecule has 1 heterocycles. The fourth-order valence-electron chi connectivity index (χ4n) is 8.65. The fourth-order valence-corrected chi connectivity index (χ4v) is 9.79. The zero-order chi connectivity index (χ0) is 33.5. The van der Waals surface area contributed by atoms with Crippen LogP contribution in [0.25, 0.3) is 108 Å². The van der Waals surface area contributed by atoms with Gasteiger partial charge in [0.15, 0.2) is 0 Å². The van der Waals surface area contributed by atoms with Crippen LogP contribution in [0.2, 0.25) is 0 Å². The van der Waals surface area contributed by atoms with Gasteiger partial charge in [-0.05, 0) is 107 Å². The van der Waals surface area contributed by atoms with Crippen molar-refractivity contribution in [1.82, 2.24) is 0 Å². The summed E-state index contributed by atoms with van der Waals surface area (Å²) in [6.45, 7) is 0. The van der Waals surface area contributed by atoms with E-state index < -0.39 is 0 Å². The van der Waals surface area contributed by atoms with E-state index in [1.807, 2.05) is 11.3 Å². The molecule has 1 aromatic heterocycles. The molecule has 9 aromatic carbocycles. The Hall–Kier alpha value is -6.28. The van der Waals surface area contributed by atoms with E-state index in [2.05, 4.69) is 182 Å². The molecule has 0 unspecified atom stereocenters. The van der Waals surface area contributed by atoms with Gasteiger partial charge in [-0.2, -0.15) is 0 Å². The van der Waals surface area contributed by atoms with Crippen molar-refractivity contribution in [2.24, 2.45) is 0 Å². The van der Waals surface area contributed by atoms with Crippen LogP contribution >= 0.6 is 11.3 Å². The fraction of sp³-hybridized carbons (Fsp3) is 0. The van der Waals surface area contributed by atoms with Gasteiger partial charge < -0.3 is 0 Å². The molecule has 0 saturated carbocycles. The number of rotatable bonds is 2. The van der Waals surface area contributed by atoms with E-state index in [9.17, 15) is 0 Å². The molecule has 1 aliphatic rings. The quantitative estimate of drug-likeness (QED) is 0.162. The Labute approximate surface area is 300 Å². The summed E-state index contributed by atoms with van der Waals surface area (Å²) in [5, 5.41) is 7.76. The Morgan fingerprint density at radius 2 is 0.588 bits per heavy atom. The van der Waals surface area contributed by atoms with Gasteiger partial charge in [-0.1, -0.05) is 164 Å². The van der Waals surface area contributed by atoms with Crippen LogP contribution in [0.15, 0.2) is 182 Å². The monoisotopic (exact) mass is 662 g/mol. The van der Waals surface area contributed by atoms with Crippen molar-refractivity contribution in [2.75, 3.05) is 0 Å². The van der Waals surface area contributed by atoms with Crippen molar-refractivity contribution >= 4 is 53.1 Å². The maximum Gasteiger partial charge on any atom is 0.0361 e. The van der Waals surface area contributed by atoms with E-state index in [0.717, 1.165) is 0 Å². The Bertz CT molecular complexity index is 2970. The highest BCUT2D eigenvalue weighted by Gasteiger charge is 2.23. The molecule has 0 radical (unpaired) electrons. The molecule has 0 atom stereocenters. The van der Waals surface area contributed by atoms with Crippen LogP contribution in [0.4, 0.5) is 0 Å². The summed E-state index contributed by atoms with van der Waals surface area (Å²) in [5.74, 6) is 0. The zero-order valence-corrected chi connectivity index (χ0v) is 28.5. The lowest BCUT2D eigenvalue weighted by atomic mass is 9.79. The standard InChI is InChI=1S/C50H30S/c1-2-14-34-33(13-1)35-15-3-4-17-37(35)39-27-25-31(29-46(39)38-18-6-5-16-36(34)38)49-42-20-7-9-22-44(42)50(45-23-10-8-21-43(45)49)32-26-28-41-40-19-11-12-24-47(40)51-48(41)30-32/h1-30H. The Morgan fingerprint density at radius 1 is 0.235 bits per heavy atom. The molecular weight excluding hydrogens is 633 g/mol. The van der Waals surface area contributed by atoms with E-state index >= 15 is 0 Å². The highest BCUT2D eigenvalue weighted by atomic mass is 32.1. The molecule has 51 heavy (non-hydrogen) atoms. The van der Waals surface area contributed by atoms with Crippen LogP contribution in [0.3, 0.4) is 0 Å². The van der Waals surface area contributed by atoms with E-state index in [-0.39, 0.29) is 0 Å². The highest BCUT2D eigenvalue weighted by molar-refractivity contribution is 7.25. The van der Waals surface area contributed by atoms with Crippen molar-refractivity contribution in [3.8, 4) is 66.8 Å². The topological polar surface area (TPSA) is 0 Å². The van der Waals surface area contributed by atoms with Crippen molar-refractivity contribution < 1.29 is 0 Å². The number of thiophene rings is 1. The largest absolute Gasteiger partial charge is 0.135 e. The molecule has 0 saturated heterocycles. The molecule has 0 nitrogen and oxygen atoms in total. The molecule has 0 fully saturated rings. The summed E-state index contributed by atoms with van der Waals surface area (Å²) >= 11 is 1.88. The molecule has 1 aliphatic carbocycles. The van der Waals surface area contributed by atoms with Crippen LogP contribution in [0.5, 0.6) is 0 Å². The van der Waals surface area contributed by atoms with Crippen molar-refractivity contribution in [3.05, 3.63) is 182 Å². The first-order valence-electron chi connectivity index (χ1n) is 17.6. The average Bonchev–Trinajstić information content (AvgIpc) is 3.57. The van der Waals surface area contributed by atoms with Gasteiger partial charge in [-0.3, -0.25) is 0 Å². The predicted molar refractivity (Wildman–Crippen MR) is 221 cm³/mol. The van der Waals surface area contributed by atoms with Crippen LogP contribution in [-0.2, 0) is 0 Å². The Kier molecular flexibility index (Phi) is 6.22. The van der Waals surface area contributed by atoms with E-state index in [0.29, 0.717) is 0 Å². The molecular formula is C50H30S. The summed E-state index contributed by atoms with van der Waals surface area (Å²) in [4.78, 5) is 0. The van der Waals surface area contributed by atoms with Crippen molar-refractivity contribution in [3.63, 3.8) is 0 Å². The average molecular weight is 663 g/mol. The third kappa shape index (κ3) is 4.26. The molecule has 236 valence electrons. The molecule has 11 rings (SSSR count). The zero-order valence-electron chi connectivity index (χ0n) is 27.7. The minimum absolute atomic E-state index is 1.23. The van der Waals surface area contributed by atoms with Gasteiger partial charge in [-0.15, -0.1) is 11.3 Å². The van der Waals surface area contributed by atoms with Gasteiger partial charge in [0.2, 0.25) is 0 Å². The predicted octanol–water partition coefficient (Wildman–Crippen LogP) is 14.7.